The standard InChI is InChI=1S/C33H36F2O4/c1-33(2)15-5-7-28(33)26-16-20(9-13-23(26)27-17-22(38-3)12-14-29(27)34)19-39-30-8-4-6-24(32(30)35)25(18-31(36)37)21-10-11-21/h4,6,8-9,12-14,16-17,21,25,28H,5,7,10-11,15,18-19H2,1-3H3,(H,36,37)/t25?,28-/m1/s1. The first-order chi connectivity index (χ1) is 18.7. The van der Waals surface area contributed by atoms with Crippen molar-refractivity contribution in [2.45, 2.75) is 70.8 Å². The van der Waals surface area contributed by atoms with Crippen LogP contribution in [-0.2, 0) is 11.4 Å². The zero-order valence-electron chi connectivity index (χ0n) is 22.8. The summed E-state index contributed by atoms with van der Waals surface area (Å²) in [5.74, 6) is -0.898. The lowest BCUT2D eigenvalue weighted by atomic mass is 9.75. The Morgan fingerprint density at radius 2 is 1.85 bits per heavy atom. The minimum Gasteiger partial charge on any atom is -0.497 e. The molecular weight excluding hydrogens is 498 g/mol. The van der Waals surface area contributed by atoms with Crippen LogP contribution in [0.3, 0.4) is 0 Å². The number of benzene rings is 3. The van der Waals surface area contributed by atoms with E-state index in [1.807, 2.05) is 12.1 Å². The zero-order chi connectivity index (χ0) is 27.7. The molecule has 5 rings (SSSR count). The predicted molar refractivity (Wildman–Crippen MR) is 147 cm³/mol. The number of ether oxygens (including phenoxy) is 2. The topological polar surface area (TPSA) is 55.8 Å². The van der Waals surface area contributed by atoms with E-state index in [1.54, 1.807) is 37.4 Å². The van der Waals surface area contributed by atoms with Crippen molar-refractivity contribution >= 4 is 5.97 Å². The third kappa shape index (κ3) is 5.80. The second kappa shape index (κ2) is 11.0. The van der Waals surface area contributed by atoms with E-state index in [9.17, 15) is 9.90 Å². The number of carboxylic acid groups (broad SMARTS) is 1. The molecule has 2 atom stereocenters. The van der Waals surface area contributed by atoms with E-state index >= 15 is 8.78 Å². The van der Waals surface area contributed by atoms with Gasteiger partial charge in [-0.2, -0.15) is 0 Å². The van der Waals surface area contributed by atoms with Crippen molar-refractivity contribution in [2.24, 2.45) is 11.3 Å². The number of methoxy groups -OCH3 is 1. The van der Waals surface area contributed by atoms with Gasteiger partial charge in [-0.15, -0.1) is 0 Å². The van der Waals surface area contributed by atoms with E-state index in [4.69, 9.17) is 9.47 Å². The number of hydrogen-bond acceptors (Lipinski definition) is 3. The Morgan fingerprint density at radius 3 is 2.51 bits per heavy atom. The zero-order valence-corrected chi connectivity index (χ0v) is 22.8. The van der Waals surface area contributed by atoms with Gasteiger partial charge in [-0.3, -0.25) is 4.79 Å². The van der Waals surface area contributed by atoms with Crippen molar-refractivity contribution in [2.75, 3.05) is 7.11 Å². The third-order valence-electron chi connectivity index (χ3n) is 8.58. The average molecular weight is 535 g/mol. The van der Waals surface area contributed by atoms with E-state index in [2.05, 4.69) is 19.9 Å². The SMILES string of the molecule is COc1ccc(F)c(-c2ccc(COc3cccc(C(CC(=O)O)C4CC4)c3F)cc2[C@H]2CCCC2(C)C)c1. The molecule has 0 bridgehead atoms. The molecule has 6 heteroatoms. The van der Waals surface area contributed by atoms with E-state index < -0.39 is 11.8 Å². The van der Waals surface area contributed by atoms with Crippen LogP contribution in [-0.4, -0.2) is 18.2 Å². The fourth-order valence-electron chi connectivity index (χ4n) is 6.28. The van der Waals surface area contributed by atoms with E-state index in [1.165, 1.54) is 6.07 Å². The Morgan fingerprint density at radius 1 is 1.05 bits per heavy atom. The molecular formula is C33H36F2O4. The number of carbonyl (C=O) groups is 1. The molecule has 0 heterocycles. The molecule has 1 N–H and O–H groups in total. The third-order valence-corrected chi connectivity index (χ3v) is 8.58. The Labute approximate surface area is 229 Å². The van der Waals surface area contributed by atoms with Gasteiger partial charge in [-0.25, -0.2) is 8.78 Å². The average Bonchev–Trinajstić information content (AvgIpc) is 3.69. The number of hydrogen-bond donors (Lipinski definition) is 1. The van der Waals surface area contributed by atoms with Crippen molar-refractivity contribution < 1.29 is 28.2 Å². The fraction of sp³-hybridized carbons (Fsp3) is 0.424. The first-order valence-electron chi connectivity index (χ1n) is 13.8. The first kappa shape index (κ1) is 27.2. The predicted octanol–water partition coefficient (Wildman–Crippen LogP) is 8.48. The quantitative estimate of drug-likeness (QED) is 0.283. The van der Waals surface area contributed by atoms with Gasteiger partial charge in [-0.1, -0.05) is 50.6 Å². The van der Waals surface area contributed by atoms with Crippen LogP contribution in [0.4, 0.5) is 8.78 Å². The van der Waals surface area contributed by atoms with Gasteiger partial charge in [0.15, 0.2) is 11.6 Å². The van der Waals surface area contributed by atoms with Crippen molar-refractivity contribution in [3.8, 4) is 22.6 Å². The number of halogens is 2. The van der Waals surface area contributed by atoms with Gasteiger partial charge in [0.2, 0.25) is 0 Å². The lowest BCUT2D eigenvalue weighted by Gasteiger charge is -2.30. The first-order valence-corrected chi connectivity index (χ1v) is 13.8. The lowest BCUT2D eigenvalue weighted by Crippen LogP contribution is -2.17. The van der Waals surface area contributed by atoms with Crippen LogP contribution in [0.1, 0.15) is 80.9 Å². The molecule has 0 saturated heterocycles. The van der Waals surface area contributed by atoms with Gasteiger partial charge in [0.25, 0.3) is 0 Å². The summed E-state index contributed by atoms with van der Waals surface area (Å²) in [6.45, 7) is 4.66. The molecule has 2 fully saturated rings. The second-order valence-corrected chi connectivity index (χ2v) is 11.7. The molecule has 4 nitrogen and oxygen atoms in total. The van der Waals surface area contributed by atoms with Gasteiger partial charge in [-0.05, 0) is 89.5 Å². The van der Waals surface area contributed by atoms with Crippen LogP contribution >= 0.6 is 0 Å². The van der Waals surface area contributed by atoms with Gasteiger partial charge < -0.3 is 14.6 Å². The van der Waals surface area contributed by atoms with Crippen LogP contribution < -0.4 is 9.47 Å². The largest absolute Gasteiger partial charge is 0.497 e. The number of aliphatic carboxylic acids is 1. The second-order valence-electron chi connectivity index (χ2n) is 11.7. The minimum atomic E-state index is -0.924. The monoisotopic (exact) mass is 534 g/mol. The van der Waals surface area contributed by atoms with Crippen molar-refractivity contribution in [1.29, 1.82) is 0 Å². The molecule has 3 aromatic carbocycles. The highest BCUT2D eigenvalue weighted by Crippen LogP contribution is 2.51. The van der Waals surface area contributed by atoms with E-state index in [0.717, 1.165) is 48.8 Å². The highest BCUT2D eigenvalue weighted by atomic mass is 19.1. The fourth-order valence-corrected chi connectivity index (χ4v) is 6.28. The Bertz CT molecular complexity index is 1360. The molecule has 2 aliphatic rings. The number of rotatable bonds is 10. The van der Waals surface area contributed by atoms with Crippen LogP contribution in [0.2, 0.25) is 0 Å². The van der Waals surface area contributed by atoms with Gasteiger partial charge in [0, 0.05) is 11.5 Å². The molecule has 0 radical (unpaired) electrons. The highest BCUT2D eigenvalue weighted by Gasteiger charge is 2.38. The summed E-state index contributed by atoms with van der Waals surface area (Å²) < 4.78 is 41.9. The maximum absolute atomic E-state index is 15.5. The minimum absolute atomic E-state index is 0.0615. The van der Waals surface area contributed by atoms with Crippen molar-refractivity contribution in [3.63, 3.8) is 0 Å². The smallest absolute Gasteiger partial charge is 0.303 e. The van der Waals surface area contributed by atoms with Crippen LogP contribution in [0.15, 0.2) is 54.6 Å². The molecule has 0 aromatic heterocycles. The summed E-state index contributed by atoms with van der Waals surface area (Å²) in [7, 11) is 1.57. The molecule has 0 aliphatic heterocycles. The van der Waals surface area contributed by atoms with Crippen LogP contribution in [0, 0.1) is 23.0 Å². The Kier molecular flexibility index (Phi) is 7.66. The Balaban J connectivity index is 1.46. The Hall–Kier alpha value is -3.41. The normalized spacial score (nSPS) is 19.1. The summed E-state index contributed by atoms with van der Waals surface area (Å²) in [6.07, 6.45) is 4.96. The van der Waals surface area contributed by atoms with Crippen LogP contribution in [0.5, 0.6) is 11.5 Å². The van der Waals surface area contributed by atoms with Crippen molar-refractivity contribution in [1.82, 2.24) is 0 Å². The maximum Gasteiger partial charge on any atom is 0.303 e. The summed E-state index contributed by atoms with van der Waals surface area (Å²) in [5, 5.41) is 9.35. The molecule has 0 spiro atoms. The molecule has 206 valence electrons. The van der Waals surface area contributed by atoms with Gasteiger partial charge >= 0.3 is 5.97 Å². The van der Waals surface area contributed by atoms with Gasteiger partial charge in [0.05, 0.1) is 13.5 Å². The summed E-state index contributed by atoms with van der Waals surface area (Å²) in [5.41, 5.74) is 3.75. The molecule has 2 saturated carbocycles. The molecule has 2 aliphatic carbocycles. The van der Waals surface area contributed by atoms with Crippen LogP contribution in [0.25, 0.3) is 11.1 Å². The van der Waals surface area contributed by atoms with E-state index in [-0.39, 0.29) is 47.8 Å². The lowest BCUT2D eigenvalue weighted by molar-refractivity contribution is -0.137. The summed E-state index contributed by atoms with van der Waals surface area (Å²) in [6, 6.07) is 15.7. The molecule has 3 aromatic rings. The molecule has 0 amide bonds. The van der Waals surface area contributed by atoms with Gasteiger partial charge in [0.1, 0.15) is 18.2 Å². The van der Waals surface area contributed by atoms with Crippen molar-refractivity contribution in [3.05, 3.63) is 82.9 Å². The number of carboxylic acids is 1. The highest BCUT2D eigenvalue weighted by molar-refractivity contribution is 5.71. The molecule has 1 unspecified atom stereocenters. The molecule has 39 heavy (non-hydrogen) atoms. The summed E-state index contributed by atoms with van der Waals surface area (Å²) >= 11 is 0. The summed E-state index contributed by atoms with van der Waals surface area (Å²) in [4.78, 5) is 11.4. The van der Waals surface area contributed by atoms with E-state index in [0.29, 0.717) is 16.9 Å². The maximum atomic E-state index is 15.5.